The number of hydrogen-bond donors (Lipinski definition) is 1. The van der Waals surface area contributed by atoms with Crippen molar-refractivity contribution in [3.63, 3.8) is 0 Å². The molecule has 10 heteroatoms. The predicted octanol–water partition coefficient (Wildman–Crippen LogP) is 2.72. The highest BCUT2D eigenvalue weighted by Crippen LogP contribution is 2.24. The topological polar surface area (TPSA) is 120 Å². The van der Waals surface area contributed by atoms with Crippen LogP contribution in [-0.2, 0) is 19.6 Å². The number of benzene rings is 1. The Kier molecular flexibility index (Phi) is 5.39. The van der Waals surface area contributed by atoms with E-state index >= 15 is 0 Å². The summed E-state index contributed by atoms with van der Waals surface area (Å²) in [7, 11) is -2.17. The number of carbonyl (C=O) groups is 1. The summed E-state index contributed by atoms with van der Waals surface area (Å²) in [6.07, 6.45) is 5.95. The van der Waals surface area contributed by atoms with Crippen molar-refractivity contribution >= 4 is 43.4 Å². The van der Waals surface area contributed by atoms with Crippen molar-refractivity contribution in [2.75, 3.05) is 18.1 Å². The minimum Gasteiger partial charge on any atom is -0.467 e. The summed E-state index contributed by atoms with van der Waals surface area (Å²) < 4.78 is 31.8. The van der Waals surface area contributed by atoms with Crippen molar-refractivity contribution in [2.45, 2.75) is 13.0 Å². The number of nitrogens with one attached hydrogen (secondary N) is 1. The van der Waals surface area contributed by atoms with E-state index < -0.39 is 22.0 Å². The lowest BCUT2D eigenvalue weighted by molar-refractivity contribution is -0.144. The first-order valence-corrected chi connectivity index (χ1v) is 11.5. The van der Waals surface area contributed by atoms with Gasteiger partial charge in [-0.05, 0) is 36.6 Å². The minimum atomic E-state index is -3.48. The third-order valence-corrected chi connectivity index (χ3v) is 5.67. The molecule has 0 saturated carbocycles. The van der Waals surface area contributed by atoms with Crippen LogP contribution in [0.5, 0.6) is 0 Å². The van der Waals surface area contributed by atoms with Crippen molar-refractivity contribution in [3.05, 3.63) is 65.2 Å². The second-order valence-corrected chi connectivity index (χ2v) is 9.15. The van der Waals surface area contributed by atoms with Crippen LogP contribution >= 0.6 is 0 Å². The maximum Gasteiger partial charge on any atom is 0.330 e. The van der Waals surface area contributed by atoms with E-state index in [1.54, 1.807) is 55.8 Å². The Hall–Kier alpha value is -3.79. The van der Waals surface area contributed by atoms with Gasteiger partial charge in [0.15, 0.2) is 5.43 Å². The fourth-order valence-electron chi connectivity index (χ4n) is 3.41. The SMILES string of the molecule is COC(=O)C(C)n1cc(-c2cnc3ccc4ccc(NS(C)(=O)=O)cc4c(=O)c3c2)cn1. The number of ether oxygens (including phenoxy) is 1. The summed E-state index contributed by atoms with van der Waals surface area (Å²) in [6, 6.07) is 9.43. The van der Waals surface area contributed by atoms with E-state index in [1.807, 2.05) is 0 Å². The van der Waals surface area contributed by atoms with Crippen LogP contribution in [0.25, 0.3) is 32.8 Å². The number of aromatic nitrogens is 3. The van der Waals surface area contributed by atoms with E-state index in [0.717, 1.165) is 6.26 Å². The highest BCUT2D eigenvalue weighted by Gasteiger charge is 2.17. The van der Waals surface area contributed by atoms with Gasteiger partial charge in [0.2, 0.25) is 10.0 Å². The molecule has 32 heavy (non-hydrogen) atoms. The van der Waals surface area contributed by atoms with Gasteiger partial charge < -0.3 is 4.74 Å². The summed E-state index contributed by atoms with van der Waals surface area (Å²) in [4.78, 5) is 29.5. The monoisotopic (exact) mass is 452 g/mol. The molecule has 1 N–H and O–H groups in total. The van der Waals surface area contributed by atoms with E-state index in [1.165, 1.54) is 17.9 Å². The average Bonchev–Trinajstić information content (AvgIpc) is 3.21. The van der Waals surface area contributed by atoms with Crippen LogP contribution in [0.2, 0.25) is 0 Å². The number of carbonyl (C=O) groups excluding carboxylic acids is 1. The number of methoxy groups -OCH3 is 1. The predicted molar refractivity (Wildman–Crippen MR) is 122 cm³/mol. The zero-order chi connectivity index (χ0) is 23.0. The second-order valence-electron chi connectivity index (χ2n) is 7.40. The van der Waals surface area contributed by atoms with E-state index in [2.05, 4.69) is 14.8 Å². The first kappa shape index (κ1) is 21.4. The molecule has 0 spiro atoms. The molecule has 0 amide bonds. The molecule has 0 aliphatic heterocycles. The van der Waals surface area contributed by atoms with Crippen molar-refractivity contribution in [3.8, 4) is 11.1 Å². The molecule has 4 aromatic rings. The lowest BCUT2D eigenvalue weighted by Crippen LogP contribution is -2.17. The average molecular weight is 452 g/mol. The first-order chi connectivity index (χ1) is 15.2. The maximum atomic E-state index is 13.3. The number of sulfonamides is 1. The fraction of sp³-hybridized carbons (Fsp3) is 0.182. The molecule has 0 fully saturated rings. The lowest BCUT2D eigenvalue weighted by Gasteiger charge is -2.08. The van der Waals surface area contributed by atoms with E-state index in [0.29, 0.717) is 38.5 Å². The Labute approximate surface area is 183 Å². The van der Waals surface area contributed by atoms with Crippen LogP contribution in [0.3, 0.4) is 0 Å². The molecule has 0 radical (unpaired) electrons. The molecule has 0 aliphatic carbocycles. The summed E-state index contributed by atoms with van der Waals surface area (Å²) in [5.74, 6) is -0.421. The summed E-state index contributed by atoms with van der Waals surface area (Å²) in [5, 5.41) is 5.62. The summed E-state index contributed by atoms with van der Waals surface area (Å²) in [6.45, 7) is 1.67. The Morgan fingerprint density at radius 3 is 2.56 bits per heavy atom. The van der Waals surface area contributed by atoms with Gasteiger partial charge in [0.25, 0.3) is 0 Å². The Balaban J connectivity index is 1.85. The Bertz CT molecular complexity index is 1530. The largest absolute Gasteiger partial charge is 0.467 e. The van der Waals surface area contributed by atoms with Gasteiger partial charge in [0.05, 0.1) is 25.1 Å². The van der Waals surface area contributed by atoms with Gasteiger partial charge >= 0.3 is 5.97 Å². The van der Waals surface area contributed by atoms with Crippen LogP contribution in [0, 0.1) is 0 Å². The highest BCUT2D eigenvalue weighted by atomic mass is 32.2. The van der Waals surface area contributed by atoms with Gasteiger partial charge in [-0.1, -0.05) is 12.1 Å². The van der Waals surface area contributed by atoms with Gasteiger partial charge in [0, 0.05) is 40.0 Å². The van der Waals surface area contributed by atoms with E-state index in [-0.39, 0.29) is 5.43 Å². The molecule has 0 saturated heterocycles. The van der Waals surface area contributed by atoms with E-state index in [9.17, 15) is 18.0 Å². The first-order valence-electron chi connectivity index (χ1n) is 9.63. The third kappa shape index (κ3) is 4.17. The van der Waals surface area contributed by atoms with Crippen LogP contribution in [0.4, 0.5) is 5.69 Å². The second kappa shape index (κ2) is 8.04. The van der Waals surface area contributed by atoms with E-state index in [4.69, 9.17) is 4.74 Å². The van der Waals surface area contributed by atoms with Crippen molar-refractivity contribution in [1.29, 1.82) is 0 Å². The minimum absolute atomic E-state index is 0.276. The number of hydrogen-bond acceptors (Lipinski definition) is 7. The van der Waals surface area contributed by atoms with Crippen LogP contribution < -0.4 is 10.2 Å². The molecule has 164 valence electrons. The molecular weight excluding hydrogens is 432 g/mol. The standard InChI is InChI=1S/C22H20N4O5S/c1-13(22(28)31-2)26-12-16(11-24-26)15-8-19-20(23-10-15)7-5-14-4-6-17(25-32(3,29)30)9-18(14)21(19)27/h4-13,25H,1-3H3. The molecule has 2 heterocycles. The van der Waals surface area contributed by atoms with Gasteiger partial charge in [-0.25, -0.2) is 13.2 Å². The number of esters is 1. The summed E-state index contributed by atoms with van der Waals surface area (Å²) >= 11 is 0. The Morgan fingerprint density at radius 1 is 1.09 bits per heavy atom. The van der Waals surface area contributed by atoms with Crippen molar-refractivity contribution in [2.24, 2.45) is 0 Å². The molecule has 1 atom stereocenters. The molecule has 2 aromatic heterocycles. The lowest BCUT2D eigenvalue weighted by atomic mass is 10.1. The van der Waals surface area contributed by atoms with Gasteiger partial charge in [-0.15, -0.1) is 0 Å². The van der Waals surface area contributed by atoms with Crippen LogP contribution in [-0.4, -0.2) is 42.5 Å². The molecule has 2 aromatic carbocycles. The molecular formula is C22H20N4O5S. The van der Waals surface area contributed by atoms with Crippen LogP contribution in [0.15, 0.2) is 59.8 Å². The Morgan fingerprint density at radius 2 is 1.84 bits per heavy atom. The number of rotatable bonds is 5. The molecule has 9 nitrogen and oxygen atoms in total. The zero-order valence-electron chi connectivity index (χ0n) is 17.6. The van der Waals surface area contributed by atoms with Crippen molar-refractivity contribution in [1.82, 2.24) is 14.8 Å². The molecule has 1 unspecified atom stereocenters. The number of nitrogens with zero attached hydrogens (tertiary/aromatic N) is 3. The molecule has 0 bridgehead atoms. The zero-order valence-corrected chi connectivity index (χ0v) is 18.4. The van der Waals surface area contributed by atoms with Gasteiger partial charge in [0.1, 0.15) is 6.04 Å². The number of fused-ring (bicyclic) bond motifs is 2. The summed E-state index contributed by atoms with van der Waals surface area (Å²) in [5.41, 5.74) is 1.87. The van der Waals surface area contributed by atoms with Gasteiger partial charge in [-0.2, -0.15) is 5.10 Å². The maximum absolute atomic E-state index is 13.3. The fourth-order valence-corrected chi connectivity index (χ4v) is 3.97. The van der Waals surface area contributed by atoms with Gasteiger partial charge in [-0.3, -0.25) is 19.2 Å². The molecule has 4 rings (SSSR count). The third-order valence-electron chi connectivity index (χ3n) is 5.06. The number of anilines is 1. The quantitative estimate of drug-likeness (QED) is 0.462. The highest BCUT2D eigenvalue weighted by molar-refractivity contribution is 7.92. The normalized spacial score (nSPS) is 12.6. The van der Waals surface area contributed by atoms with Crippen molar-refractivity contribution < 1.29 is 17.9 Å². The smallest absolute Gasteiger partial charge is 0.330 e. The number of pyridine rings is 1. The van der Waals surface area contributed by atoms with Crippen LogP contribution in [0.1, 0.15) is 13.0 Å². The molecule has 0 aliphatic rings.